The number of hydrogen-bond acceptors (Lipinski definition) is 0. The van der Waals surface area contributed by atoms with Gasteiger partial charge in [-0.3, -0.25) is 0 Å². The number of fused-ring (bicyclic) bond motifs is 1. The van der Waals surface area contributed by atoms with E-state index in [-0.39, 0.29) is 0 Å². The van der Waals surface area contributed by atoms with E-state index in [0.29, 0.717) is 5.92 Å². The Kier molecular flexibility index (Phi) is 3.74. The van der Waals surface area contributed by atoms with Gasteiger partial charge >= 0.3 is 0 Å². The molecule has 102 valence electrons. The number of benzene rings is 2. The highest BCUT2D eigenvalue weighted by molar-refractivity contribution is 9.11. The maximum Gasteiger partial charge on any atom is 0.0406 e. The Bertz CT molecular complexity index is 683. The van der Waals surface area contributed by atoms with Gasteiger partial charge in [0.1, 0.15) is 0 Å². The van der Waals surface area contributed by atoms with Crippen LogP contribution in [0, 0.1) is 12.8 Å². The van der Waals surface area contributed by atoms with Gasteiger partial charge in [-0.1, -0.05) is 70.3 Å². The molecule has 0 heterocycles. The molecule has 20 heavy (non-hydrogen) atoms. The van der Waals surface area contributed by atoms with E-state index in [1.54, 1.807) is 0 Å². The van der Waals surface area contributed by atoms with Crippen molar-refractivity contribution in [1.29, 1.82) is 0 Å². The van der Waals surface area contributed by atoms with Crippen molar-refractivity contribution in [3.05, 3.63) is 74.2 Å². The van der Waals surface area contributed by atoms with Crippen LogP contribution in [-0.2, 0) is 6.42 Å². The molecule has 2 heteroatoms. The molecule has 1 atom stereocenters. The van der Waals surface area contributed by atoms with Crippen LogP contribution in [0.15, 0.2) is 46.9 Å². The summed E-state index contributed by atoms with van der Waals surface area (Å²) in [7, 11) is 0. The van der Waals surface area contributed by atoms with Gasteiger partial charge in [-0.25, -0.2) is 0 Å². The van der Waals surface area contributed by atoms with Crippen LogP contribution < -0.4 is 0 Å². The predicted octanol–water partition coefficient (Wildman–Crippen LogP) is 5.99. The Morgan fingerprint density at radius 2 is 1.80 bits per heavy atom. The minimum Gasteiger partial charge on any atom is -0.0843 e. The van der Waals surface area contributed by atoms with Gasteiger partial charge in [-0.2, -0.15) is 0 Å². The molecule has 0 aromatic heterocycles. The number of hydrogen-bond donors (Lipinski definition) is 0. The molecule has 2 aromatic carbocycles. The summed E-state index contributed by atoms with van der Waals surface area (Å²) in [5.74, 6) is 0.509. The molecule has 0 radical (unpaired) electrons. The standard InChI is InChI=1S/C18H16BrCl/c1-11-3-8-16-14(9-11)10-12(2)18(19)17(16)13-4-6-15(20)7-5-13/h3-9,12H,10H2,1-2H3. The van der Waals surface area contributed by atoms with Crippen molar-refractivity contribution >= 4 is 33.1 Å². The molecule has 1 unspecified atom stereocenters. The molecule has 0 bridgehead atoms. The second-order valence-corrected chi connectivity index (χ2v) is 6.79. The Hall–Kier alpha value is -1.05. The molecule has 0 N–H and O–H groups in total. The van der Waals surface area contributed by atoms with Crippen molar-refractivity contribution in [2.24, 2.45) is 5.92 Å². The van der Waals surface area contributed by atoms with Crippen molar-refractivity contribution in [3.8, 4) is 0 Å². The van der Waals surface area contributed by atoms with Gasteiger partial charge in [0.2, 0.25) is 0 Å². The van der Waals surface area contributed by atoms with E-state index < -0.39 is 0 Å². The van der Waals surface area contributed by atoms with Crippen LogP contribution in [-0.4, -0.2) is 0 Å². The van der Waals surface area contributed by atoms with Crippen molar-refractivity contribution in [2.45, 2.75) is 20.3 Å². The normalized spacial score (nSPS) is 18.1. The number of allylic oxidation sites excluding steroid dienone is 1. The van der Waals surface area contributed by atoms with Gasteiger partial charge in [0.15, 0.2) is 0 Å². The molecule has 0 spiro atoms. The zero-order valence-corrected chi connectivity index (χ0v) is 13.9. The van der Waals surface area contributed by atoms with Crippen LogP contribution in [0.3, 0.4) is 0 Å². The zero-order chi connectivity index (χ0) is 14.3. The molecule has 0 fully saturated rings. The molecule has 0 saturated heterocycles. The number of halogens is 2. The van der Waals surface area contributed by atoms with Gasteiger partial charge in [-0.05, 0) is 53.7 Å². The summed E-state index contributed by atoms with van der Waals surface area (Å²) in [6, 6.07) is 14.8. The van der Waals surface area contributed by atoms with Crippen LogP contribution in [0.2, 0.25) is 5.02 Å². The lowest BCUT2D eigenvalue weighted by atomic mass is 9.82. The number of rotatable bonds is 1. The maximum atomic E-state index is 6.01. The lowest BCUT2D eigenvalue weighted by Crippen LogP contribution is -2.11. The highest BCUT2D eigenvalue weighted by atomic mass is 79.9. The van der Waals surface area contributed by atoms with Crippen LogP contribution >= 0.6 is 27.5 Å². The first-order chi connectivity index (χ1) is 9.56. The predicted molar refractivity (Wildman–Crippen MR) is 90.4 cm³/mol. The summed E-state index contributed by atoms with van der Waals surface area (Å²) in [6.45, 7) is 4.42. The molecule has 0 nitrogen and oxygen atoms in total. The minimum absolute atomic E-state index is 0.509. The lowest BCUT2D eigenvalue weighted by Gasteiger charge is -2.26. The Balaban J connectivity index is 2.21. The fourth-order valence-corrected chi connectivity index (χ4v) is 3.57. The minimum atomic E-state index is 0.509. The van der Waals surface area contributed by atoms with Gasteiger partial charge < -0.3 is 0 Å². The number of aryl methyl sites for hydroxylation is 1. The largest absolute Gasteiger partial charge is 0.0843 e. The van der Waals surface area contributed by atoms with E-state index in [2.05, 4.69) is 60.1 Å². The molecule has 1 aliphatic rings. The van der Waals surface area contributed by atoms with Gasteiger partial charge in [0.05, 0.1) is 0 Å². The van der Waals surface area contributed by atoms with Crippen molar-refractivity contribution in [3.63, 3.8) is 0 Å². The zero-order valence-electron chi connectivity index (χ0n) is 11.6. The molecule has 0 amide bonds. The SMILES string of the molecule is Cc1ccc2c(c1)CC(C)C(Br)=C2c1ccc(Cl)cc1. The smallest absolute Gasteiger partial charge is 0.0406 e. The fraction of sp³-hybridized carbons (Fsp3) is 0.222. The van der Waals surface area contributed by atoms with Crippen molar-refractivity contribution < 1.29 is 0 Å². The van der Waals surface area contributed by atoms with Gasteiger partial charge in [0.25, 0.3) is 0 Å². The summed E-state index contributed by atoms with van der Waals surface area (Å²) in [5.41, 5.74) is 6.62. The third kappa shape index (κ3) is 2.45. The van der Waals surface area contributed by atoms with Crippen molar-refractivity contribution in [2.75, 3.05) is 0 Å². The Morgan fingerprint density at radius 1 is 1.10 bits per heavy atom. The van der Waals surface area contributed by atoms with E-state index in [1.807, 2.05) is 12.1 Å². The average molecular weight is 348 g/mol. The van der Waals surface area contributed by atoms with E-state index in [9.17, 15) is 0 Å². The van der Waals surface area contributed by atoms with E-state index in [1.165, 1.54) is 32.3 Å². The molecule has 0 aliphatic heterocycles. The highest BCUT2D eigenvalue weighted by Gasteiger charge is 2.23. The van der Waals surface area contributed by atoms with E-state index >= 15 is 0 Å². The van der Waals surface area contributed by atoms with Gasteiger partial charge in [0, 0.05) is 9.51 Å². The summed E-state index contributed by atoms with van der Waals surface area (Å²) in [6.07, 6.45) is 1.09. The van der Waals surface area contributed by atoms with E-state index in [0.717, 1.165) is 11.4 Å². The highest BCUT2D eigenvalue weighted by Crippen LogP contribution is 2.41. The third-order valence-electron chi connectivity index (χ3n) is 3.86. The van der Waals surface area contributed by atoms with E-state index in [4.69, 9.17) is 11.6 Å². The van der Waals surface area contributed by atoms with Crippen LogP contribution in [0.1, 0.15) is 29.2 Å². The van der Waals surface area contributed by atoms with Crippen LogP contribution in [0.4, 0.5) is 0 Å². The maximum absolute atomic E-state index is 6.01. The summed E-state index contributed by atoms with van der Waals surface area (Å²) in [5, 5.41) is 0.776. The first kappa shape index (κ1) is 13.9. The summed E-state index contributed by atoms with van der Waals surface area (Å²) in [4.78, 5) is 0. The summed E-state index contributed by atoms with van der Waals surface area (Å²) < 4.78 is 1.29. The molecule has 1 aliphatic carbocycles. The molecule has 3 rings (SSSR count). The molecular formula is C18H16BrCl. The Labute approximate surface area is 133 Å². The molecular weight excluding hydrogens is 332 g/mol. The van der Waals surface area contributed by atoms with Crippen LogP contribution in [0.25, 0.3) is 5.57 Å². The monoisotopic (exact) mass is 346 g/mol. The molecule has 2 aromatic rings. The molecule has 0 saturated carbocycles. The topological polar surface area (TPSA) is 0 Å². The lowest BCUT2D eigenvalue weighted by molar-refractivity contribution is 0.704. The quantitative estimate of drug-likeness (QED) is 0.594. The Morgan fingerprint density at radius 3 is 2.50 bits per heavy atom. The van der Waals surface area contributed by atoms with Crippen molar-refractivity contribution in [1.82, 2.24) is 0 Å². The fourth-order valence-electron chi connectivity index (χ4n) is 2.84. The third-order valence-corrected chi connectivity index (χ3v) is 5.29. The first-order valence-electron chi connectivity index (χ1n) is 6.82. The second-order valence-electron chi connectivity index (χ2n) is 5.50. The van der Waals surface area contributed by atoms with Crippen LogP contribution in [0.5, 0.6) is 0 Å². The average Bonchev–Trinajstić information content (AvgIpc) is 2.42. The first-order valence-corrected chi connectivity index (χ1v) is 7.99. The second kappa shape index (κ2) is 5.38. The summed E-state index contributed by atoms with van der Waals surface area (Å²) >= 11 is 9.82. The van der Waals surface area contributed by atoms with Gasteiger partial charge in [-0.15, -0.1) is 0 Å².